The topological polar surface area (TPSA) is 24.5 Å². The predicted molar refractivity (Wildman–Crippen MR) is 97.1 cm³/mol. The molecule has 0 radical (unpaired) electrons. The van der Waals surface area contributed by atoms with Gasteiger partial charge in [0, 0.05) is 32.2 Å². The maximum absolute atomic E-state index is 5.92. The number of piperazine rings is 1. The van der Waals surface area contributed by atoms with Crippen molar-refractivity contribution in [3.8, 4) is 5.75 Å². The molecule has 1 N–H and O–H groups in total. The minimum Gasteiger partial charge on any atom is -0.489 e. The lowest BCUT2D eigenvalue weighted by Gasteiger charge is -2.35. The fraction of sp³-hybridized carbons (Fsp3) is 0.429. The van der Waals surface area contributed by atoms with Gasteiger partial charge in [-0.05, 0) is 42.0 Å². The number of nitrogens with zero attached hydrogens (tertiary/aromatic N) is 1. The molecule has 126 valence electrons. The fourth-order valence-electron chi connectivity index (χ4n) is 3.66. The van der Waals surface area contributed by atoms with Crippen LogP contribution in [0.25, 0.3) is 0 Å². The van der Waals surface area contributed by atoms with Crippen molar-refractivity contribution in [2.45, 2.75) is 25.5 Å². The standard InChI is InChI=1S/C21H26N2O/c1-2-4-17(5-3-1)16-24-20-10-8-19(9-11-20)21(18-6-7-18)23-14-12-22-13-15-23/h1-5,8-11,18,21-22H,6-7,12-16H2/t21-/m1/s1. The van der Waals surface area contributed by atoms with Crippen molar-refractivity contribution in [3.63, 3.8) is 0 Å². The van der Waals surface area contributed by atoms with E-state index >= 15 is 0 Å². The van der Waals surface area contributed by atoms with Gasteiger partial charge >= 0.3 is 0 Å². The molecule has 0 bridgehead atoms. The summed E-state index contributed by atoms with van der Waals surface area (Å²) in [7, 11) is 0. The van der Waals surface area contributed by atoms with E-state index in [1.54, 1.807) is 0 Å². The first-order valence-corrected chi connectivity index (χ1v) is 9.11. The summed E-state index contributed by atoms with van der Waals surface area (Å²) in [5.74, 6) is 1.80. The van der Waals surface area contributed by atoms with Crippen molar-refractivity contribution in [3.05, 3.63) is 65.7 Å². The Morgan fingerprint density at radius 1 is 0.958 bits per heavy atom. The average molecular weight is 322 g/mol. The fourth-order valence-corrected chi connectivity index (χ4v) is 3.66. The van der Waals surface area contributed by atoms with E-state index in [1.807, 2.05) is 6.07 Å². The van der Waals surface area contributed by atoms with E-state index in [0.717, 1.165) is 37.8 Å². The summed E-state index contributed by atoms with van der Waals surface area (Å²) in [5, 5.41) is 3.46. The van der Waals surface area contributed by atoms with Crippen molar-refractivity contribution in [2.24, 2.45) is 5.92 Å². The average Bonchev–Trinajstić information content (AvgIpc) is 3.48. The Kier molecular flexibility index (Phi) is 4.81. The van der Waals surface area contributed by atoms with Crippen LogP contribution in [-0.2, 0) is 6.61 Å². The summed E-state index contributed by atoms with van der Waals surface area (Å²) in [6.07, 6.45) is 2.75. The van der Waals surface area contributed by atoms with Crippen LogP contribution in [0.2, 0.25) is 0 Å². The van der Waals surface area contributed by atoms with E-state index in [4.69, 9.17) is 4.74 Å². The molecule has 0 unspecified atom stereocenters. The Labute approximate surface area is 144 Å². The molecule has 1 saturated carbocycles. The Morgan fingerprint density at radius 3 is 2.33 bits per heavy atom. The van der Waals surface area contributed by atoms with Gasteiger partial charge in [0.2, 0.25) is 0 Å². The Balaban J connectivity index is 1.42. The molecule has 3 nitrogen and oxygen atoms in total. The van der Waals surface area contributed by atoms with Crippen LogP contribution < -0.4 is 10.1 Å². The molecule has 4 rings (SSSR count). The molecule has 1 atom stereocenters. The molecule has 1 aliphatic heterocycles. The summed E-state index contributed by atoms with van der Waals surface area (Å²) < 4.78 is 5.92. The van der Waals surface area contributed by atoms with Crippen molar-refractivity contribution >= 4 is 0 Å². The van der Waals surface area contributed by atoms with Gasteiger partial charge in [-0.2, -0.15) is 0 Å². The van der Waals surface area contributed by atoms with Gasteiger partial charge in [-0.15, -0.1) is 0 Å². The normalized spacial score (nSPS) is 19.8. The van der Waals surface area contributed by atoms with Crippen LogP contribution in [0.15, 0.2) is 54.6 Å². The second-order valence-electron chi connectivity index (χ2n) is 6.91. The zero-order valence-electron chi connectivity index (χ0n) is 14.2. The van der Waals surface area contributed by atoms with Crippen molar-refractivity contribution in [1.82, 2.24) is 10.2 Å². The summed E-state index contributed by atoms with van der Waals surface area (Å²) in [4.78, 5) is 2.66. The maximum Gasteiger partial charge on any atom is 0.119 e. The second kappa shape index (κ2) is 7.37. The molecule has 2 aromatic rings. The van der Waals surface area contributed by atoms with E-state index in [9.17, 15) is 0 Å². The van der Waals surface area contributed by atoms with Gasteiger partial charge < -0.3 is 10.1 Å². The van der Waals surface area contributed by atoms with Crippen LogP contribution in [0.3, 0.4) is 0 Å². The zero-order valence-corrected chi connectivity index (χ0v) is 14.2. The highest BCUT2D eigenvalue weighted by Gasteiger charge is 2.36. The SMILES string of the molecule is c1ccc(COc2ccc([C@@H](C3CC3)N3CCNCC3)cc2)cc1. The van der Waals surface area contributed by atoms with Crippen LogP contribution in [0, 0.1) is 5.92 Å². The molecular weight excluding hydrogens is 296 g/mol. The molecule has 3 heteroatoms. The highest BCUT2D eigenvalue weighted by Crippen LogP contribution is 2.44. The Bertz CT molecular complexity index is 631. The number of nitrogens with one attached hydrogen (secondary N) is 1. The lowest BCUT2D eigenvalue weighted by atomic mass is 9.99. The minimum atomic E-state index is 0.593. The molecule has 1 saturated heterocycles. The summed E-state index contributed by atoms with van der Waals surface area (Å²) in [5.41, 5.74) is 2.66. The first kappa shape index (κ1) is 15.7. The van der Waals surface area contributed by atoms with E-state index in [0.29, 0.717) is 12.6 Å². The van der Waals surface area contributed by atoms with E-state index in [2.05, 4.69) is 58.7 Å². The van der Waals surface area contributed by atoms with E-state index < -0.39 is 0 Å². The van der Waals surface area contributed by atoms with Gasteiger partial charge in [0.05, 0.1) is 0 Å². The summed E-state index contributed by atoms with van der Waals surface area (Å²) in [6, 6.07) is 19.7. The molecule has 2 aromatic carbocycles. The zero-order chi connectivity index (χ0) is 16.2. The highest BCUT2D eigenvalue weighted by molar-refractivity contribution is 5.30. The molecule has 1 aliphatic carbocycles. The molecule has 2 fully saturated rings. The van der Waals surface area contributed by atoms with Gasteiger partial charge in [0.25, 0.3) is 0 Å². The number of hydrogen-bond donors (Lipinski definition) is 1. The molecule has 1 heterocycles. The lowest BCUT2D eigenvalue weighted by molar-refractivity contribution is 0.156. The molecule has 0 aromatic heterocycles. The quantitative estimate of drug-likeness (QED) is 0.879. The van der Waals surface area contributed by atoms with Crippen LogP contribution in [0.4, 0.5) is 0 Å². The number of rotatable bonds is 6. The van der Waals surface area contributed by atoms with Crippen molar-refractivity contribution in [2.75, 3.05) is 26.2 Å². The molecule has 0 spiro atoms. The Morgan fingerprint density at radius 2 is 1.67 bits per heavy atom. The molecule has 24 heavy (non-hydrogen) atoms. The van der Waals surface area contributed by atoms with Crippen LogP contribution >= 0.6 is 0 Å². The molecule has 2 aliphatic rings. The van der Waals surface area contributed by atoms with Gasteiger partial charge in [-0.1, -0.05) is 42.5 Å². The first-order chi connectivity index (χ1) is 11.9. The minimum absolute atomic E-state index is 0.593. The van der Waals surface area contributed by atoms with Gasteiger partial charge in [0.1, 0.15) is 12.4 Å². The summed E-state index contributed by atoms with van der Waals surface area (Å²) >= 11 is 0. The van der Waals surface area contributed by atoms with Gasteiger partial charge in [-0.3, -0.25) is 4.90 Å². The largest absolute Gasteiger partial charge is 0.489 e. The number of ether oxygens (including phenoxy) is 1. The van der Waals surface area contributed by atoms with Crippen LogP contribution in [0.5, 0.6) is 5.75 Å². The van der Waals surface area contributed by atoms with Gasteiger partial charge in [0.15, 0.2) is 0 Å². The van der Waals surface area contributed by atoms with Crippen LogP contribution in [-0.4, -0.2) is 31.1 Å². The first-order valence-electron chi connectivity index (χ1n) is 9.11. The Hall–Kier alpha value is -1.84. The lowest BCUT2D eigenvalue weighted by Crippen LogP contribution is -2.45. The third kappa shape index (κ3) is 3.80. The van der Waals surface area contributed by atoms with E-state index in [1.165, 1.54) is 24.0 Å². The third-order valence-corrected chi connectivity index (χ3v) is 5.08. The van der Waals surface area contributed by atoms with Crippen molar-refractivity contribution < 1.29 is 4.74 Å². The van der Waals surface area contributed by atoms with Gasteiger partial charge in [-0.25, -0.2) is 0 Å². The number of hydrogen-bond acceptors (Lipinski definition) is 3. The number of benzene rings is 2. The smallest absolute Gasteiger partial charge is 0.119 e. The molecular formula is C21H26N2O. The molecule has 0 amide bonds. The predicted octanol–water partition coefficient (Wildman–Crippen LogP) is 3.62. The maximum atomic E-state index is 5.92. The van der Waals surface area contributed by atoms with E-state index in [-0.39, 0.29) is 0 Å². The second-order valence-corrected chi connectivity index (χ2v) is 6.91. The summed E-state index contributed by atoms with van der Waals surface area (Å²) in [6.45, 7) is 5.17. The third-order valence-electron chi connectivity index (χ3n) is 5.08. The van der Waals surface area contributed by atoms with Crippen molar-refractivity contribution in [1.29, 1.82) is 0 Å². The van der Waals surface area contributed by atoms with Crippen LogP contribution in [0.1, 0.15) is 30.0 Å². The highest BCUT2D eigenvalue weighted by atomic mass is 16.5. The monoisotopic (exact) mass is 322 g/mol.